The normalized spacial score (nSPS) is 10.4. The molecule has 2 rings (SSSR count). The van der Waals surface area contributed by atoms with Gasteiger partial charge in [-0.15, -0.1) is 0 Å². The van der Waals surface area contributed by atoms with Crippen molar-refractivity contribution in [3.63, 3.8) is 0 Å². The van der Waals surface area contributed by atoms with E-state index in [2.05, 4.69) is 15.4 Å². The number of hydrogen-bond donors (Lipinski definition) is 2. The zero-order chi connectivity index (χ0) is 19.1. The average molecular weight is 387 g/mol. The first-order valence-corrected chi connectivity index (χ1v) is 7.81. The van der Waals surface area contributed by atoms with E-state index in [-0.39, 0.29) is 23.2 Å². The lowest BCUT2D eigenvalue weighted by Gasteiger charge is -2.13. The van der Waals surface area contributed by atoms with Crippen molar-refractivity contribution in [2.24, 2.45) is 0 Å². The molecule has 140 valence electrons. The van der Waals surface area contributed by atoms with Gasteiger partial charge < -0.3 is 24.8 Å². The smallest absolute Gasteiger partial charge is 0.387 e. The Kier molecular flexibility index (Phi) is 6.85. The predicted molar refractivity (Wildman–Crippen MR) is 94.7 cm³/mol. The van der Waals surface area contributed by atoms with Gasteiger partial charge in [-0.3, -0.25) is 4.79 Å². The predicted octanol–water partition coefficient (Wildman–Crippen LogP) is 4.01. The van der Waals surface area contributed by atoms with Crippen LogP contribution in [0.2, 0.25) is 5.02 Å². The summed E-state index contributed by atoms with van der Waals surface area (Å²) in [6.07, 6.45) is 0. The van der Waals surface area contributed by atoms with E-state index in [0.29, 0.717) is 22.9 Å². The highest BCUT2D eigenvalue weighted by atomic mass is 35.5. The standard InChI is InChI=1S/C17H17ClF2N2O4/c1-24-11-4-5-13(15(8-11)25-2)22-16(23)9-21-10-3-6-14(12(18)7-10)26-17(19)20/h3-8,17,21H,9H2,1-2H3,(H,22,23). The monoisotopic (exact) mass is 386 g/mol. The molecule has 0 radical (unpaired) electrons. The number of benzene rings is 2. The fraction of sp³-hybridized carbons (Fsp3) is 0.235. The van der Waals surface area contributed by atoms with Crippen molar-refractivity contribution in [3.05, 3.63) is 41.4 Å². The fourth-order valence-electron chi connectivity index (χ4n) is 2.08. The largest absolute Gasteiger partial charge is 0.497 e. The van der Waals surface area contributed by atoms with Crippen LogP contribution in [0.3, 0.4) is 0 Å². The van der Waals surface area contributed by atoms with Crippen LogP contribution < -0.4 is 24.8 Å². The minimum Gasteiger partial charge on any atom is -0.497 e. The van der Waals surface area contributed by atoms with E-state index in [4.69, 9.17) is 21.1 Å². The van der Waals surface area contributed by atoms with Crippen LogP contribution in [-0.4, -0.2) is 33.3 Å². The molecule has 2 aromatic carbocycles. The van der Waals surface area contributed by atoms with E-state index in [9.17, 15) is 13.6 Å². The van der Waals surface area contributed by atoms with Gasteiger partial charge in [0.05, 0.1) is 31.5 Å². The van der Waals surface area contributed by atoms with E-state index in [1.54, 1.807) is 18.2 Å². The van der Waals surface area contributed by atoms with Gasteiger partial charge in [0.1, 0.15) is 17.2 Å². The second kappa shape index (κ2) is 9.10. The van der Waals surface area contributed by atoms with Gasteiger partial charge in [0.25, 0.3) is 0 Å². The Labute approximate surface area is 154 Å². The quantitative estimate of drug-likeness (QED) is 0.717. The summed E-state index contributed by atoms with van der Waals surface area (Å²) >= 11 is 5.86. The molecule has 0 heterocycles. The number of hydrogen-bond acceptors (Lipinski definition) is 5. The second-order valence-electron chi connectivity index (χ2n) is 4.99. The Morgan fingerprint density at radius 3 is 2.50 bits per heavy atom. The maximum Gasteiger partial charge on any atom is 0.387 e. The lowest BCUT2D eigenvalue weighted by atomic mass is 10.2. The summed E-state index contributed by atoms with van der Waals surface area (Å²) in [6.45, 7) is -3.03. The van der Waals surface area contributed by atoms with Crippen LogP contribution in [-0.2, 0) is 4.79 Å². The summed E-state index contributed by atoms with van der Waals surface area (Å²) in [7, 11) is 3.01. The molecule has 0 aliphatic carbocycles. The van der Waals surface area contributed by atoms with Crippen LogP contribution in [0.25, 0.3) is 0 Å². The molecule has 0 atom stereocenters. The number of amides is 1. The highest BCUT2D eigenvalue weighted by Crippen LogP contribution is 2.30. The summed E-state index contributed by atoms with van der Waals surface area (Å²) in [5.74, 6) is 0.574. The van der Waals surface area contributed by atoms with Crippen molar-refractivity contribution >= 4 is 28.9 Å². The molecular formula is C17H17ClF2N2O4. The molecule has 2 N–H and O–H groups in total. The summed E-state index contributed by atoms with van der Waals surface area (Å²) in [5.41, 5.74) is 0.965. The number of carbonyl (C=O) groups excluding carboxylic acids is 1. The lowest BCUT2D eigenvalue weighted by Crippen LogP contribution is -2.22. The molecule has 6 nitrogen and oxygen atoms in total. The van der Waals surface area contributed by atoms with Gasteiger partial charge in [0, 0.05) is 11.8 Å². The van der Waals surface area contributed by atoms with E-state index in [1.165, 1.54) is 32.4 Å². The summed E-state index contributed by atoms with van der Waals surface area (Å²) < 4.78 is 39.0. The molecule has 0 saturated carbocycles. The van der Waals surface area contributed by atoms with Crippen LogP contribution in [0.1, 0.15) is 0 Å². The average Bonchev–Trinajstić information content (AvgIpc) is 2.62. The molecule has 0 aliphatic heterocycles. The minimum atomic E-state index is -2.96. The topological polar surface area (TPSA) is 68.8 Å². The van der Waals surface area contributed by atoms with Crippen molar-refractivity contribution in [2.45, 2.75) is 6.61 Å². The first-order valence-electron chi connectivity index (χ1n) is 7.43. The Hall–Kier alpha value is -2.74. The Morgan fingerprint density at radius 2 is 1.88 bits per heavy atom. The van der Waals surface area contributed by atoms with E-state index in [1.807, 2.05) is 0 Å². The van der Waals surface area contributed by atoms with E-state index in [0.717, 1.165) is 0 Å². The molecule has 0 aliphatic rings. The van der Waals surface area contributed by atoms with Crippen molar-refractivity contribution in [3.8, 4) is 17.2 Å². The second-order valence-corrected chi connectivity index (χ2v) is 5.40. The summed E-state index contributed by atoms with van der Waals surface area (Å²) in [5, 5.41) is 5.54. The molecule has 26 heavy (non-hydrogen) atoms. The number of alkyl halides is 2. The molecule has 0 fully saturated rings. The van der Waals surface area contributed by atoms with Crippen molar-refractivity contribution in [1.82, 2.24) is 0 Å². The number of halogens is 3. The lowest BCUT2D eigenvalue weighted by molar-refractivity contribution is -0.114. The van der Waals surface area contributed by atoms with Gasteiger partial charge in [-0.25, -0.2) is 0 Å². The van der Waals surface area contributed by atoms with Crippen LogP contribution in [0.15, 0.2) is 36.4 Å². The van der Waals surface area contributed by atoms with Gasteiger partial charge in [-0.05, 0) is 30.3 Å². The number of ether oxygens (including phenoxy) is 3. The first kappa shape index (κ1) is 19.6. The number of anilines is 2. The minimum absolute atomic E-state index is 0.00697. The highest BCUT2D eigenvalue weighted by Gasteiger charge is 2.11. The number of nitrogens with one attached hydrogen (secondary N) is 2. The van der Waals surface area contributed by atoms with Gasteiger partial charge in [-0.2, -0.15) is 8.78 Å². The Morgan fingerprint density at radius 1 is 1.12 bits per heavy atom. The van der Waals surface area contributed by atoms with Crippen LogP contribution in [0, 0.1) is 0 Å². The number of carbonyl (C=O) groups is 1. The molecule has 0 aromatic heterocycles. The molecule has 0 unspecified atom stereocenters. The maximum absolute atomic E-state index is 12.2. The van der Waals surface area contributed by atoms with Gasteiger partial charge >= 0.3 is 6.61 Å². The van der Waals surface area contributed by atoms with Gasteiger partial charge in [0.15, 0.2) is 0 Å². The summed E-state index contributed by atoms with van der Waals surface area (Å²) in [6, 6.07) is 9.15. The van der Waals surface area contributed by atoms with Crippen molar-refractivity contribution in [1.29, 1.82) is 0 Å². The zero-order valence-electron chi connectivity index (χ0n) is 14.0. The van der Waals surface area contributed by atoms with Crippen molar-refractivity contribution < 1.29 is 27.8 Å². The Bertz CT molecular complexity index is 774. The fourth-order valence-corrected chi connectivity index (χ4v) is 2.31. The third-order valence-electron chi connectivity index (χ3n) is 3.28. The SMILES string of the molecule is COc1ccc(NC(=O)CNc2ccc(OC(F)F)c(Cl)c2)c(OC)c1. The van der Waals surface area contributed by atoms with Crippen LogP contribution in [0.4, 0.5) is 20.2 Å². The van der Waals surface area contributed by atoms with Gasteiger partial charge in [0.2, 0.25) is 5.91 Å². The number of methoxy groups -OCH3 is 2. The van der Waals surface area contributed by atoms with Crippen LogP contribution >= 0.6 is 11.6 Å². The molecule has 2 aromatic rings. The third-order valence-corrected chi connectivity index (χ3v) is 3.58. The van der Waals surface area contributed by atoms with Crippen LogP contribution in [0.5, 0.6) is 17.2 Å². The third kappa shape index (κ3) is 5.38. The summed E-state index contributed by atoms with van der Waals surface area (Å²) in [4.78, 5) is 12.1. The Balaban J connectivity index is 1.96. The molecule has 9 heteroatoms. The molecule has 0 spiro atoms. The molecule has 0 saturated heterocycles. The van der Waals surface area contributed by atoms with E-state index < -0.39 is 6.61 Å². The van der Waals surface area contributed by atoms with Gasteiger partial charge in [-0.1, -0.05) is 11.6 Å². The zero-order valence-corrected chi connectivity index (χ0v) is 14.8. The highest BCUT2D eigenvalue weighted by molar-refractivity contribution is 6.32. The van der Waals surface area contributed by atoms with Crippen molar-refractivity contribution in [2.75, 3.05) is 31.4 Å². The number of rotatable bonds is 8. The molecule has 1 amide bonds. The maximum atomic E-state index is 12.2. The molecular weight excluding hydrogens is 370 g/mol. The molecule has 0 bridgehead atoms. The van der Waals surface area contributed by atoms with E-state index >= 15 is 0 Å². The first-order chi connectivity index (χ1) is 12.4.